The number of aromatic nitrogens is 4. The van der Waals surface area contributed by atoms with E-state index in [1.807, 2.05) is 88.5 Å². The Hall–Kier alpha value is -4.39. The molecule has 0 atom stereocenters. The maximum Gasteiger partial charge on any atom is 0.410 e. The number of ether oxygens (including phenoxy) is 3. The van der Waals surface area contributed by atoms with Gasteiger partial charge in [0.25, 0.3) is 0 Å². The standard InChI is InChI=1S/C25H32BrN3O3.C20H24BrN3O/c1-25(2,3)32-24(30)29(4)15-7-5-6-8-16-31-20-12-9-18(10-13-20)23-21-14-11-19(26)17-22(21)27-28-23;1-22-12-4-2-3-5-13-25-17-9-6-15(7-10-17)20-18-11-8-16(21)14-19(18)23-24-20/h9-14,17H,5-8,15-16H2,1-4H3,(H,27,28);6-11,14,22H,2-5,12-13H2,1H3,(H,23,24). The number of rotatable bonds is 18. The Bertz CT molecular complexity index is 2130. The van der Waals surface area contributed by atoms with Crippen LogP contribution >= 0.6 is 31.9 Å². The molecule has 0 radical (unpaired) electrons. The van der Waals surface area contributed by atoms with E-state index in [0.717, 1.165) is 110 Å². The SMILES string of the molecule is CN(CCCCCCOc1ccc(-c2n[nH]c3cc(Br)ccc23)cc1)C(=O)OC(C)(C)C.CNCCCCCCOc1ccc(-c2n[nH]c3cc(Br)ccc23)cc1. The Morgan fingerprint density at radius 2 is 1.12 bits per heavy atom. The second-order valence-electron chi connectivity index (χ2n) is 15.1. The topological polar surface area (TPSA) is 117 Å². The van der Waals surface area contributed by atoms with Crippen LogP contribution in [0, 0.1) is 0 Å². The van der Waals surface area contributed by atoms with Crippen molar-refractivity contribution in [3.8, 4) is 34.0 Å². The Morgan fingerprint density at radius 3 is 1.58 bits per heavy atom. The summed E-state index contributed by atoms with van der Waals surface area (Å²) in [4.78, 5) is 13.6. The largest absolute Gasteiger partial charge is 0.494 e. The molecule has 6 aromatic rings. The predicted molar refractivity (Wildman–Crippen MR) is 239 cm³/mol. The van der Waals surface area contributed by atoms with Gasteiger partial charge in [-0.1, -0.05) is 57.5 Å². The lowest BCUT2D eigenvalue weighted by atomic mass is 10.1. The number of hydrogen-bond donors (Lipinski definition) is 3. The summed E-state index contributed by atoms with van der Waals surface area (Å²) in [5.41, 5.74) is 5.64. The van der Waals surface area contributed by atoms with Gasteiger partial charge in [0.1, 0.15) is 17.1 Å². The highest BCUT2D eigenvalue weighted by Crippen LogP contribution is 2.31. The Morgan fingerprint density at radius 1 is 0.667 bits per heavy atom. The van der Waals surface area contributed by atoms with Crippen LogP contribution in [-0.4, -0.2) is 77.4 Å². The highest BCUT2D eigenvalue weighted by atomic mass is 79.9. The number of nitrogens with zero attached hydrogens (tertiary/aromatic N) is 3. The van der Waals surface area contributed by atoms with E-state index in [9.17, 15) is 4.79 Å². The van der Waals surface area contributed by atoms with Crippen LogP contribution in [0.4, 0.5) is 4.79 Å². The molecule has 0 saturated carbocycles. The fraction of sp³-hybridized carbons (Fsp3) is 0.400. The molecule has 0 aliphatic heterocycles. The smallest absolute Gasteiger partial charge is 0.410 e. The highest BCUT2D eigenvalue weighted by Gasteiger charge is 2.19. The van der Waals surface area contributed by atoms with Gasteiger partial charge in [-0.3, -0.25) is 10.2 Å². The molecular weight excluding hydrogens is 848 g/mol. The molecule has 0 fully saturated rings. The van der Waals surface area contributed by atoms with Gasteiger partial charge >= 0.3 is 6.09 Å². The number of halogens is 2. The van der Waals surface area contributed by atoms with Gasteiger partial charge in [0.15, 0.2) is 0 Å². The first-order valence-electron chi connectivity index (χ1n) is 19.8. The van der Waals surface area contributed by atoms with E-state index in [-0.39, 0.29) is 6.09 Å². The fourth-order valence-electron chi connectivity index (χ4n) is 6.21. The molecular formula is C45H56Br2N6O4. The average molecular weight is 905 g/mol. The third-order valence-electron chi connectivity index (χ3n) is 9.26. The molecule has 0 aliphatic rings. The van der Waals surface area contributed by atoms with Crippen LogP contribution in [-0.2, 0) is 4.74 Å². The maximum absolute atomic E-state index is 11.9. The van der Waals surface area contributed by atoms with Crippen LogP contribution in [0.1, 0.15) is 72.1 Å². The van der Waals surface area contributed by atoms with Crippen molar-refractivity contribution in [2.45, 2.75) is 77.7 Å². The first-order chi connectivity index (χ1) is 27.5. The summed E-state index contributed by atoms with van der Waals surface area (Å²) in [6.07, 6.45) is 8.60. The molecule has 1 amide bonds. The second kappa shape index (κ2) is 21.9. The summed E-state index contributed by atoms with van der Waals surface area (Å²) in [5, 5.41) is 20.5. The molecule has 4 aromatic carbocycles. The number of H-pyrrole nitrogens is 2. The van der Waals surface area contributed by atoms with E-state index < -0.39 is 5.60 Å². The lowest BCUT2D eigenvalue weighted by Crippen LogP contribution is -2.34. The molecule has 3 N–H and O–H groups in total. The zero-order valence-corrected chi connectivity index (χ0v) is 37.0. The fourth-order valence-corrected chi connectivity index (χ4v) is 6.94. The van der Waals surface area contributed by atoms with Gasteiger partial charge in [-0.2, -0.15) is 10.2 Å². The van der Waals surface area contributed by atoms with Crippen molar-refractivity contribution in [2.24, 2.45) is 0 Å². The second-order valence-corrected chi connectivity index (χ2v) is 16.9. The van der Waals surface area contributed by atoms with Gasteiger partial charge < -0.3 is 24.4 Å². The molecule has 10 nitrogen and oxygen atoms in total. The molecule has 12 heteroatoms. The number of aromatic amines is 2. The molecule has 0 aliphatic carbocycles. The monoisotopic (exact) mass is 902 g/mol. The van der Waals surface area contributed by atoms with Gasteiger partial charge in [-0.25, -0.2) is 4.79 Å². The van der Waals surface area contributed by atoms with Crippen LogP contribution in [0.15, 0.2) is 93.9 Å². The number of carbonyl (C=O) groups excluding carboxylic acids is 1. The summed E-state index contributed by atoms with van der Waals surface area (Å²) in [6, 6.07) is 28.5. The molecule has 0 saturated heterocycles. The minimum atomic E-state index is -0.454. The molecule has 0 unspecified atom stereocenters. The normalized spacial score (nSPS) is 11.4. The number of nitrogens with one attached hydrogen (secondary N) is 3. The zero-order chi connectivity index (χ0) is 40.6. The molecule has 2 aromatic heterocycles. The van der Waals surface area contributed by atoms with Crippen molar-refractivity contribution in [3.63, 3.8) is 0 Å². The number of amides is 1. The van der Waals surface area contributed by atoms with E-state index in [4.69, 9.17) is 14.2 Å². The average Bonchev–Trinajstić information content (AvgIpc) is 3.81. The molecule has 57 heavy (non-hydrogen) atoms. The summed E-state index contributed by atoms with van der Waals surface area (Å²) < 4.78 is 19.2. The molecule has 2 heterocycles. The third kappa shape index (κ3) is 13.9. The van der Waals surface area contributed by atoms with Crippen molar-refractivity contribution < 1.29 is 19.0 Å². The summed E-state index contributed by atoms with van der Waals surface area (Å²) >= 11 is 6.97. The van der Waals surface area contributed by atoms with Gasteiger partial charge in [0, 0.05) is 44.4 Å². The molecule has 0 spiro atoms. The van der Waals surface area contributed by atoms with Crippen molar-refractivity contribution in [1.82, 2.24) is 30.6 Å². The Labute approximate surface area is 353 Å². The van der Waals surface area contributed by atoms with Crippen LogP contribution < -0.4 is 14.8 Å². The number of carbonyl (C=O) groups is 1. The first kappa shape index (κ1) is 43.7. The van der Waals surface area contributed by atoms with Crippen molar-refractivity contribution >= 4 is 59.8 Å². The molecule has 0 bridgehead atoms. The van der Waals surface area contributed by atoms with E-state index in [0.29, 0.717) is 13.2 Å². The Kier molecular flexibility index (Phi) is 16.8. The van der Waals surface area contributed by atoms with E-state index in [1.54, 1.807) is 11.9 Å². The lowest BCUT2D eigenvalue weighted by molar-refractivity contribution is 0.0296. The van der Waals surface area contributed by atoms with Gasteiger partial charge in [0.05, 0.1) is 35.6 Å². The predicted octanol–water partition coefficient (Wildman–Crippen LogP) is 11.9. The third-order valence-corrected chi connectivity index (χ3v) is 10.2. The number of benzene rings is 4. The van der Waals surface area contributed by atoms with Gasteiger partial charge in [-0.15, -0.1) is 0 Å². The minimum absolute atomic E-state index is 0.264. The number of fused-ring (bicyclic) bond motifs is 2. The van der Waals surface area contributed by atoms with Crippen molar-refractivity contribution in [1.29, 1.82) is 0 Å². The van der Waals surface area contributed by atoms with E-state index in [1.165, 1.54) is 19.3 Å². The minimum Gasteiger partial charge on any atom is -0.494 e. The van der Waals surface area contributed by atoms with Crippen LogP contribution in [0.5, 0.6) is 11.5 Å². The van der Waals surface area contributed by atoms with Crippen molar-refractivity contribution in [2.75, 3.05) is 40.4 Å². The first-order valence-corrected chi connectivity index (χ1v) is 21.4. The summed E-state index contributed by atoms with van der Waals surface area (Å²) in [5.74, 6) is 1.78. The summed E-state index contributed by atoms with van der Waals surface area (Å²) in [7, 11) is 3.78. The molecule has 304 valence electrons. The number of hydrogen-bond acceptors (Lipinski definition) is 7. The van der Waals surface area contributed by atoms with Crippen LogP contribution in [0.3, 0.4) is 0 Å². The van der Waals surface area contributed by atoms with E-state index in [2.05, 4.69) is 81.8 Å². The quantitative estimate of drug-likeness (QED) is 0.0735. The molecule has 6 rings (SSSR count). The van der Waals surface area contributed by atoms with Crippen LogP contribution in [0.25, 0.3) is 44.3 Å². The lowest BCUT2D eigenvalue weighted by Gasteiger charge is -2.24. The summed E-state index contributed by atoms with van der Waals surface area (Å²) in [6.45, 7) is 8.90. The zero-order valence-electron chi connectivity index (χ0n) is 33.8. The maximum atomic E-state index is 11.9. The highest BCUT2D eigenvalue weighted by molar-refractivity contribution is 9.10. The van der Waals surface area contributed by atoms with Gasteiger partial charge in [-0.05, 0) is 145 Å². The van der Waals surface area contributed by atoms with Crippen LogP contribution in [0.2, 0.25) is 0 Å². The van der Waals surface area contributed by atoms with E-state index >= 15 is 0 Å². The van der Waals surface area contributed by atoms with Gasteiger partial charge in [0.2, 0.25) is 0 Å². The Balaban J connectivity index is 0.000000224. The van der Waals surface area contributed by atoms with Crippen molar-refractivity contribution in [3.05, 3.63) is 93.9 Å². The number of unbranched alkanes of at least 4 members (excludes halogenated alkanes) is 6.